The van der Waals surface area contributed by atoms with E-state index in [4.69, 9.17) is 4.74 Å². The summed E-state index contributed by atoms with van der Waals surface area (Å²) in [6.45, 7) is 5.88. The van der Waals surface area contributed by atoms with E-state index in [1.54, 1.807) is 13.0 Å². The molecule has 1 aromatic rings. The topological polar surface area (TPSA) is 55.4 Å². The number of methoxy groups -OCH3 is 1. The Morgan fingerprint density at radius 1 is 1.32 bits per heavy atom. The molecule has 1 rings (SSSR count). The Morgan fingerprint density at radius 3 is 2.53 bits per heavy atom. The van der Waals surface area contributed by atoms with Crippen molar-refractivity contribution in [3.05, 3.63) is 29.3 Å². The molecule has 0 radical (unpaired) electrons. The van der Waals surface area contributed by atoms with Crippen LogP contribution in [0.5, 0.6) is 5.75 Å². The van der Waals surface area contributed by atoms with E-state index in [0.29, 0.717) is 23.7 Å². The van der Waals surface area contributed by atoms with Gasteiger partial charge in [0.05, 0.1) is 19.2 Å². The summed E-state index contributed by atoms with van der Waals surface area (Å²) in [4.78, 5) is 23.3. The zero-order chi connectivity index (χ0) is 14.4. The minimum absolute atomic E-state index is 0.00455. The van der Waals surface area contributed by atoms with Crippen LogP contribution >= 0.6 is 0 Å². The van der Waals surface area contributed by atoms with Crippen LogP contribution in [0.25, 0.3) is 0 Å². The highest BCUT2D eigenvalue weighted by atomic mass is 16.5. The smallest absolute Gasteiger partial charge is 0.220 e. The summed E-state index contributed by atoms with van der Waals surface area (Å²) in [6, 6.07) is 5.58. The van der Waals surface area contributed by atoms with E-state index in [1.807, 2.05) is 12.1 Å². The van der Waals surface area contributed by atoms with Crippen LogP contribution in [0.2, 0.25) is 0 Å². The highest BCUT2D eigenvalue weighted by Gasteiger charge is 2.14. The van der Waals surface area contributed by atoms with Crippen molar-refractivity contribution in [1.29, 1.82) is 0 Å². The van der Waals surface area contributed by atoms with Gasteiger partial charge < -0.3 is 10.1 Å². The maximum absolute atomic E-state index is 12.1. The van der Waals surface area contributed by atoms with Gasteiger partial charge in [-0.05, 0) is 23.6 Å². The molecule has 0 saturated heterocycles. The summed E-state index contributed by atoms with van der Waals surface area (Å²) in [5.41, 5.74) is 1.59. The summed E-state index contributed by atoms with van der Waals surface area (Å²) in [5, 5.41) is 2.59. The highest BCUT2D eigenvalue weighted by molar-refractivity contribution is 6.01. The summed E-state index contributed by atoms with van der Waals surface area (Å²) in [5.74, 6) is 0.608. The normalized spacial score (nSPS) is 10.4. The fourth-order valence-electron chi connectivity index (χ4n) is 1.70. The standard InChI is InChI=1S/C15H21NO3/c1-5-15(18)16-9-13(17)12-8-11(10(2)3)6-7-14(12)19-4/h6-8,10H,5,9H2,1-4H3,(H,16,18). The van der Waals surface area contributed by atoms with Crippen molar-refractivity contribution in [2.24, 2.45) is 0 Å². The molecule has 0 atom stereocenters. The number of benzene rings is 1. The first-order valence-corrected chi connectivity index (χ1v) is 6.47. The number of rotatable bonds is 6. The first-order chi connectivity index (χ1) is 8.99. The molecule has 0 heterocycles. The van der Waals surface area contributed by atoms with Gasteiger partial charge in [0, 0.05) is 6.42 Å². The molecule has 1 aromatic carbocycles. The van der Waals surface area contributed by atoms with Crippen LogP contribution in [-0.4, -0.2) is 25.3 Å². The lowest BCUT2D eigenvalue weighted by molar-refractivity contribution is -0.120. The molecule has 0 unspecified atom stereocenters. The van der Waals surface area contributed by atoms with Gasteiger partial charge >= 0.3 is 0 Å². The van der Waals surface area contributed by atoms with Crippen LogP contribution in [0, 0.1) is 0 Å². The molecule has 1 N–H and O–H groups in total. The maximum Gasteiger partial charge on any atom is 0.220 e. The molecule has 0 aromatic heterocycles. The van der Waals surface area contributed by atoms with Gasteiger partial charge in [0.2, 0.25) is 5.91 Å². The Labute approximate surface area is 114 Å². The van der Waals surface area contributed by atoms with Crippen molar-refractivity contribution < 1.29 is 14.3 Å². The number of Topliss-reactive ketones (excluding diaryl/α,β-unsaturated/α-hetero) is 1. The summed E-state index contributed by atoms with van der Waals surface area (Å²) in [7, 11) is 1.53. The maximum atomic E-state index is 12.1. The van der Waals surface area contributed by atoms with E-state index in [1.165, 1.54) is 7.11 Å². The fraction of sp³-hybridized carbons (Fsp3) is 0.467. The summed E-state index contributed by atoms with van der Waals surface area (Å²) in [6.07, 6.45) is 0.371. The third kappa shape index (κ3) is 4.09. The number of nitrogens with one attached hydrogen (secondary N) is 1. The van der Waals surface area contributed by atoms with E-state index in [-0.39, 0.29) is 18.2 Å². The van der Waals surface area contributed by atoms with Crippen molar-refractivity contribution in [3.63, 3.8) is 0 Å². The van der Waals surface area contributed by atoms with E-state index < -0.39 is 0 Å². The molecular formula is C15H21NO3. The number of ether oxygens (including phenoxy) is 1. The van der Waals surface area contributed by atoms with Crippen molar-refractivity contribution in [2.75, 3.05) is 13.7 Å². The van der Waals surface area contributed by atoms with Crippen molar-refractivity contribution in [1.82, 2.24) is 5.32 Å². The Bertz CT molecular complexity index is 466. The Balaban J connectivity index is 2.93. The van der Waals surface area contributed by atoms with Crippen molar-refractivity contribution >= 4 is 11.7 Å². The number of ketones is 1. The van der Waals surface area contributed by atoms with Gasteiger partial charge in [-0.1, -0.05) is 26.8 Å². The van der Waals surface area contributed by atoms with Crippen LogP contribution in [-0.2, 0) is 4.79 Å². The van der Waals surface area contributed by atoms with Gasteiger partial charge in [0.15, 0.2) is 5.78 Å². The first-order valence-electron chi connectivity index (χ1n) is 6.47. The SMILES string of the molecule is CCC(=O)NCC(=O)c1cc(C(C)C)ccc1OC. The summed E-state index contributed by atoms with van der Waals surface area (Å²) >= 11 is 0. The number of carbonyl (C=O) groups excluding carboxylic acids is 2. The minimum atomic E-state index is -0.138. The molecule has 4 nitrogen and oxygen atoms in total. The molecular weight excluding hydrogens is 242 g/mol. The second-order valence-electron chi connectivity index (χ2n) is 4.67. The predicted molar refractivity (Wildman–Crippen MR) is 74.7 cm³/mol. The second-order valence-corrected chi connectivity index (χ2v) is 4.67. The zero-order valence-corrected chi connectivity index (χ0v) is 11.9. The Hall–Kier alpha value is -1.84. The number of carbonyl (C=O) groups is 2. The molecule has 19 heavy (non-hydrogen) atoms. The molecule has 0 spiro atoms. The van der Waals surface area contributed by atoms with E-state index in [9.17, 15) is 9.59 Å². The third-order valence-electron chi connectivity index (χ3n) is 2.96. The number of hydrogen-bond acceptors (Lipinski definition) is 3. The lowest BCUT2D eigenvalue weighted by atomic mass is 9.98. The second kappa shape index (κ2) is 6.92. The zero-order valence-electron chi connectivity index (χ0n) is 11.9. The average Bonchev–Trinajstić information content (AvgIpc) is 2.43. The lowest BCUT2D eigenvalue weighted by Crippen LogP contribution is -2.29. The lowest BCUT2D eigenvalue weighted by Gasteiger charge is -2.12. The number of amides is 1. The van der Waals surface area contributed by atoms with Gasteiger partial charge in [0.1, 0.15) is 5.75 Å². The van der Waals surface area contributed by atoms with Crippen LogP contribution in [0.1, 0.15) is 49.0 Å². The summed E-state index contributed by atoms with van der Waals surface area (Å²) < 4.78 is 5.20. The highest BCUT2D eigenvalue weighted by Crippen LogP contribution is 2.24. The van der Waals surface area contributed by atoms with Crippen LogP contribution in [0.15, 0.2) is 18.2 Å². The Kier molecular flexibility index (Phi) is 5.55. The van der Waals surface area contributed by atoms with E-state index in [2.05, 4.69) is 19.2 Å². The quantitative estimate of drug-likeness (QED) is 0.802. The average molecular weight is 263 g/mol. The van der Waals surface area contributed by atoms with Crippen molar-refractivity contribution in [2.45, 2.75) is 33.1 Å². The van der Waals surface area contributed by atoms with Gasteiger partial charge in [-0.2, -0.15) is 0 Å². The minimum Gasteiger partial charge on any atom is -0.496 e. The molecule has 4 heteroatoms. The molecule has 0 fully saturated rings. The van der Waals surface area contributed by atoms with Crippen LogP contribution < -0.4 is 10.1 Å². The largest absolute Gasteiger partial charge is 0.496 e. The monoisotopic (exact) mass is 263 g/mol. The molecule has 0 bridgehead atoms. The predicted octanol–water partition coefficient (Wildman–Crippen LogP) is 2.53. The van der Waals surface area contributed by atoms with E-state index in [0.717, 1.165) is 5.56 Å². The van der Waals surface area contributed by atoms with Crippen LogP contribution in [0.4, 0.5) is 0 Å². The van der Waals surface area contributed by atoms with Gasteiger partial charge in [0.25, 0.3) is 0 Å². The third-order valence-corrected chi connectivity index (χ3v) is 2.96. The van der Waals surface area contributed by atoms with Gasteiger partial charge in [-0.25, -0.2) is 0 Å². The van der Waals surface area contributed by atoms with Crippen LogP contribution in [0.3, 0.4) is 0 Å². The number of hydrogen-bond donors (Lipinski definition) is 1. The van der Waals surface area contributed by atoms with Crippen molar-refractivity contribution in [3.8, 4) is 5.75 Å². The molecule has 104 valence electrons. The van der Waals surface area contributed by atoms with Gasteiger partial charge in [-0.3, -0.25) is 9.59 Å². The molecule has 0 aliphatic carbocycles. The first kappa shape index (κ1) is 15.2. The molecule has 0 saturated carbocycles. The van der Waals surface area contributed by atoms with Gasteiger partial charge in [-0.15, -0.1) is 0 Å². The Morgan fingerprint density at radius 2 is 2.00 bits per heavy atom. The molecule has 0 aliphatic heterocycles. The molecule has 0 aliphatic rings. The molecule has 1 amide bonds. The van der Waals surface area contributed by atoms with E-state index >= 15 is 0 Å². The fourth-order valence-corrected chi connectivity index (χ4v) is 1.70.